The molecule has 19 heavy (non-hydrogen) atoms. The standard InChI is InChI=1S/C12H6Cl2N4O/c13-10-16-11(14)18-12(17-10)19-8-5-7-3-1-2-4-9(7)15-6-8/h1-6H. The first-order chi connectivity index (χ1) is 9.20. The largest absolute Gasteiger partial charge is 0.422 e. The quantitative estimate of drug-likeness (QED) is 0.723. The molecule has 3 rings (SSSR count). The molecule has 0 atom stereocenters. The maximum absolute atomic E-state index is 5.67. The molecule has 0 radical (unpaired) electrons. The Labute approximate surface area is 118 Å². The molecule has 5 nitrogen and oxygen atoms in total. The number of fused-ring (bicyclic) bond motifs is 1. The number of hydrogen-bond donors (Lipinski definition) is 0. The summed E-state index contributed by atoms with van der Waals surface area (Å²) in [7, 11) is 0. The van der Waals surface area contributed by atoms with Crippen LogP contribution < -0.4 is 4.74 Å². The van der Waals surface area contributed by atoms with Crippen molar-refractivity contribution in [3.63, 3.8) is 0 Å². The summed E-state index contributed by atoms with van der Waals surface area (Å²) in [5.74, 6) is 0.497. The van der Waals surface area contributed by atoms with Gasteiger partial charge in [-0.15, -0.1) is 0 Å². The van der Waals surface area contributed by atoms with Crippen LogP contribution in [0.5, 0.6) is 11.8 Å². The molecular formula is C12H6Cl2N4O. The first-order valence-corrected chi connectivity index (χ1v) is 6.06. The molecule has 0 aliphatic carbocycles. The number of aromatic nitrogens is 4. The monoisotopic (exact) mass is 292 g/mol. The summed E-state index contributed by atoms with van der Waals surface area (Å²) in [5, 5.41) is 0.902. The molecule has 0 saturated heterocycles. The normalized spacial score (nSPS) is 10.6. The second-order valence-corrected chi connectivity index (χ2v) is 4.30. The molecule has 0 amide bonds. The molecule has 3 aromatic rings. The maximum atomic E-state index is 5.67. The van der Waals surface area contributed by atoms with Gasteiger partial charge in [-0.05, 0) is 35.3 Å². The highest BCUT2D eigenvalue weighted by Crippen LogP contribution is 2.22. The smallest absolute Gasteiger partial charge is 0.327 e. The molecule has 0 aliphatic heterocycles. The van der Waals surface area contributed by atoms with E-state index in [0.717, 1.165) is 10.9 Å². The van der Waals surface area contributed by atoms with E-state index < -0.39 is 0 Å². The minimum Gasteiger partial charge on any atom is -0.422 e. The van der Waals surface area contributed by atoms with Crippen molar-refractivity contribution < 1.29 is 4.74 Å². The number of hydrogen-bond acceptors (Lipinski definition) is 5. The van der Waals surface area contributed by atoms with Gasteiger partial charge in [0.15, 0.2) is 0 Å². The van der Waals surface area contributed by atoms with Gasteiger partial charge in [0.05, 0.1) is 11.7 Å². The van der Waals surface area contributed by atoms with E-state index in [2.05, 4.69) is 19.9 Å². The summed E-state index contributed by atoms with van der Waals surface area (Å²) in [5.41, 5.74) is 0.876. The molecule has 0 bridgehead atoms. The fraction of sp³-hybridized carbons (Fsp3) is 0. The molecule has 1 aromatic carbocycles. The molecule has 0 aliphatic rings. The van der Waals surface area contributed by atoms with Crippen molar-refractivity contribution >= 4 is 34.1 Å². The van der Waals surface area contributed by atoms with Gasteiger partial charge in [0.1, 0.15) is 5.75 Å². The van der Waals surface area contributed by atoms with E-state index in [1.807, 2.05) is 30.3 Å². The lowest BCUT2D eigenvalue weighted by Crippen LogP contribution is -1.95. The molecule has 0 N–H and O–H groups in total. The summed E-state index contributed by atoms with van der Waals surface area (Å²) >= 11 is 11.3. The summed E-state index contributed by atoms with van der Waals surface area (Å²) in [6.07, 6.45) is 1.58. The number of benzene rings is 1. The summed E-state index contributed by atoms with van der Waals surface area (Å²) in [6, 6.07) is 9.54. The van der Waals surface area contributed by atoms with Gasteiger partial charge < -0.3 is 4.74 Å². The molecule has 0 spiro atoms. The van der Waals surface area contributed by atoms with Crippen LogP contribution in [0.2, 0.25) is 10.6 Å². The van der Waals surface area contributed by atoms with Crippen molar-refractivity contribution in [2.24, 2.45) is 0 Å². The maximum Gasteiger partial charge on any atom is 0.327 e. The highest BCUT2D eigenvalue weighted by Gasteiger charge is 2.06. The third-order valence-corrected chi connectivity index (χ3v) is 2.67. The van der Waals surface area contributed by atoms with Crippen LogP contribution in [0.25, 0.3) is 10.9 Å². The van der Waals surface area contributed by atoms with Gasteiger partial charge in [-0.25, -0.2) is 0 Å². The number of para-hydroxylation sites is 1. The second-order valence-electron chi connectivity index (χ2n) is 3.62. The molecular weight excluding hydrogens is 287 g/mol. The molecule has 2 heterocycles. The predicted molar refractivity (Wildman–Crippen MR) is 71.7 cm³/mol. The highest BCUT2D eigenvalue weighted by molar-refractivity contribution is 6.31. The fourth-order valence-electron chi connectivity index (χ4n) is 1.57. The van der Waals surface area contributed by atoms with Crippen LogP contribution in [0.4, 0.5) is 0 Å². The fourth-order valence-corrected chi connectivity index (χ4v) is 1.91. The number of nitrogens with zero attached hydrogens (tertiary/aromatic N) is 4. The Morgan fingerprint density at radius 3 is 2.47 bits per heavy atom. The average molecular weight is 293 g/mol. The van der Waals surface area contributed by atoms with Crippen molar-refractivity contribution in [2.45, 2.75) is 0 Å². The van der Waals surface area contributed by atoms with Crippen molar-refractivity contribution in [1.82, 2.24) is 19.9 Å². The van der Waals surface area contributed by atoms with Crippen LogP contribution in [0.15, 0.2) is 36.5 Å². The van der Waals surface area contributed by atoms with Gasteiger partial charge in [-0.2, -0.15) is 15.0 Å². The number of pyridine rings is 1. The number of halogens is 2. The van der Waals surface area contributed by atoms with E-state index in [1.165, 1.54) is 0 Å². The van der Waals surface area contributed by atoms with Gasteiger partial charge in [0.2, 0.25) is 10.6 Å². The SMILES string of the molecule is Clc1nc(Cl)nc(Oc2cnc3ccccc3c2)n1. The Morgan fingerprint density at radius 1 is 0.947 bits per heavy atom. The van der Waals surface area contributed by atoms with Gasteiger partial charge in [0.25, 0.3) is 0 Å². The van der Waals surface area contributed by atoms with E-state index in [9.17, 15) is 0 Å². The van der Waals surface area contributed by atoms with Gasteiger partial charge in [0, 0.05) is 5.39 Å². The Bertz CT molecular complexity index is 730. The van der Waals surface area contributed by atoms with Gasteiger partial charge in [-0.3, -0.25) is 4.98 Å². The van der Waals surface area contributed by atoms with Crippen LogP contribution in [0.3, 0.4) is 0 Å². The van der Waals surface area contributed by atoms with E-state index in [-0.39, 0.29) is 16.6 Å². The zero-order valence-corrected chi connectivity index (χ0v) is 10.9. The summed E-state index contributed by atoms with van der Waals surface area (Å²) < 4.78 is 5.45. The third kappa shape index (κ3) is 2.72. The van der Waals surface area contributed by atoms with Gasteiger partial charge in [-0.1, -0.05) is 18.2 Å². The Hall–Kier alpha value is -1.98. The molecule has 94 valence electrons. The van der Waals surface area contributed by atoms with Crippen LogP contribution in [0.1, 0.15) is 0 Å². The van der Waals surface area contributed by atoms with Crippen molar-refractivity contribution in [2.75, 3.05) is 0 Å². The second kappa shape index (κ2) is 4.95. The summed E-state index contributed by atoms with van der Waals surface area (Å²) in [6.45, 7) is 0. The van der Waals surface area contributed by atoms with Crippen molar-refractivity contribution in [3.05, 3.63) is 47.1 Å². The summed E-state index contributed by atoms with van der Waals surface area (Å²) in [4.78, 5) is 15.5. The van der Waals surface area contributed by atoms with E-state index in [4.69, 9.17) is 27.9 Å². The number of rotatable bonds is 2. The van der Waals surface area contributed by atoms with Crippen LogP contribution in [-0.2, 0) is 0 Å². The molecule has 0 saturated carbocycles. The lowest BCUT2D eigenvalue weighted by atomic mass is 10.2. The zero-order valence-electron chi connectivity index (χ0n) is 9.42. The molecule has 0 unspecified atom stereocenters. The van der Waals surface area contributed by atoms with Gasteiger partial charge >= 0.3 is 6.01 Å². The van der Waals surface area contributed by atoms with E-state index in [0.29, 0.717) is 5.75 Å². The van der Waals surface area contributed by atoms with Crippen molar-refractivity contribution in [1.29, 1.82) is 0 Å². The molecule has 2 aromatic heterocycles. The van der Waals surface area contributed by atoms with E-state index >= 15 is 0 Å². The Balaban J connectivity index is 1.96. The lowest BCUT2D eigenvalue weighted by Gasteiger charge is -2.04. The lowest BCUT2D eigenvalue weighted by molar-refractivity contribution is 0.438. The molecule has 7 heteroatoms. The van der Waals surface area contributed by atoms with E-state index in [1.54, 1.807) is 6.20 Å². The third-order valence-electron chi connectivity index (χ3n) is 2.33. The average Bonchev–Trinajstić information content (AvgIpc) is 2.37. The van der Waals surface area contributed by atoms with Crippen molar-refractivity contribution in [3.8, 4) is 11.8 Å². The first kappa shape index (κ1) is 12.1. The Kier molecular flexibility index (Phi) is 3.15. The zero-order chi connectivity index (χ0) is 13.2. The Morgan fingerprint density at radius 2 is 1.68 bits per heavy atom. The van der Waals surface area contributed by atoms with Crippen LogP contribution in [-0.4, -0.2) is 19.9 Å². The topological polar surface area (TPSA) is 60.8 Å². The predicted octanol–water partition coefficient (Wildman–Crippen LogP) is 3.52. The van der Waals surface area contributed by atoms with Crippen LogP contribution >= 0.6 is 23.2 Å². The highest BCUT2D eigenvalue weighted by atomic mass is 35.5. The minimum atomic E-state index is -0.0243. The minimum absolute atomic E-state index is 0.0243. The number of ether oxygens (including phenoxy) is 1. The van der Waals surface area contributed by atoms with Crippen LogP contribution in [0, 0.1) is 0 Å². The first-order valence-electron chi connectivity index (χ1n) is 5.30. The molecule has 0 fully saturated rings.